The molecule has 1 aliphatic heterocycles. The Balaban J connectivity index is 2.17. The molecule has 15 nitrogen and oxygen atoms in total. The quantitative estimate of drug-likeness (QED) is 0.316. The number of fused-ring (bicyclic) bond motifs is 1. The molecule has 1 aromatic heterocycles. The first-order valence-corrected chi connectivity index (χ1v) is 14.3. The van der Waals surface area contributed by atoms with E-state index < -0.39 is 107 Å². The van der Waals surface area contributed by atoms with Crippen LogP contribution in [0.1, 0.15) is 72.2 Å². The van der Waals surface area contributed by atoms with Gasteiger partial charge in [0.2, 0.25) is 0 Å². The zero-order chi connectivity index (χ0) is 33.7. The first-order chi connectivity index (χ1) is 20.8. The standard InChI is InChI=1S/C30H38O15/c1-14(31)39-13-29-23(42-17(4)34)20(40-15(2)32)11-28(8,37)30(29)24(43-18(5)35)21(27(6,7)45-30)22(41-16(3)33)25(29)44-26(36)19-9-10-38-12-19/h9-10,12,20-25,37H,11,13H2,1-8H3/t20-,21+,22+,23-,24+,25-,28-,29-,30-/m0/s1. The molecule has 2 aliphatic carbocycles. The maximum absolute atomic E-state index is 13.6. The van der Waals surface area contributed by atoms with Crippen molar-refractivity contribution in [2.75, 3.05) is 6.61 Å². The van der Waals surface area contributed by atoms with E-state index in [0.29, 0.717) is 0 Å². The summed E-state index contributed by atoms with van der Waals surface area (Å²) >= 11 is 0. The van der Waals surface area contributed by atoms with Gasteiger partial charge in [-0.3, -0.25) is 24.0 Å². The van der Waals surface area contributed by atoms with Crippen molar-refractivity contribution in [1.82, 2.24) is 0 Å². The number of carbonyl (C=O) groups is 6. The van der Waals surface area contributed by atoms with E-state index in [1.165, 1.54) is 19.3 Å². The molecule has 2 saturated carbocycles. The van der Waals surface area contributed by atoms with Crippen LogP contribution < -0.4 is 0 Å². The van der Waals surface area contributed by atoms with Crippen LogP contribution in [0.15, 0.2) is 23.0 Å². The van der Waals surface area contributed by atoms with Crippen LogP contribution in [0.5, 0.6) is 0 Å². The van der Waals surface area contributed by atoms with E-state index in [1.54, 1.807) is 13.8 Å². The lowest BCUT2D eigenvalue weighted by molar-refractivity contribution is -0.363. The van der Waals surface area contributed by atoms with E-state index in [9.17, 15) is 33.9 Å². The summed E-state index contributed by atoms with van der Waals surface area (Å²) in [4.78, 5) is 76.7. The molecule has 3 fully saturated rings. The van der Waals surface area contributed by atoms with Gasteiger partial charge in [0.25, 0.3) is 0 Å². The average molecular weight is 639 g/mol. The predicted octanol–water partition coefficient (Wildman–Crippen LogP) is 1.41. The molecule has 2 heterocycles. The van der Waals surface area contributed by atoms with Crippen LogP contribution in [0.4, 0.5) is 0 Å². The lowest BCUT2D eigenvalue weighted by atomic mass is 9.45. The van der Waals surface area contributed by atoms with E-state index in [2.05, 4.69) is 0 Å². The lowest BCUT2D eigenvalue weighted by Gasteiger charge is -2.66. The van der Waals surface area contributed by atoms with Crippen LogP contribution in [0.25, 0.3) is 0 Å². The highest BCUT2D eigenvalue weighted by Gasteiger charge is 2.89. The second kappa shape index (κ2) is 11.7. The summed E-state index contributed by atoms with van der Waals surface area (Å²) in [5.41, 5.74) is -8.12. The third-order valence-corrected chi connectivity index (χ3v) is 8.76. The number of furan rings is 1. The maximum Gasteiger partial charge on any atom is 0.341 e. The molecule has 0 radical (unpaired) electrons. The number of aliphatic hydroxyl groups is 1. The Hall–Kier alpha value is -3.98. The third-order valence-electron chi connectivity index (χ3n) is 8.76. The first-order valence-electron chi connectivity index (χ1n) is 14.3. The minimum absolute atomic E-state index is 0.0639. The highest BCUT2D eigenvalue weighted by molar-refractivity contribution is 5.89. The van der Waals surface area contributed by atoms with Gasteiger partial charge in [0, 0.05) is 41.0 Å². The molecule has 1 N–H and O–H groups in total. The fraction of sp³-hybridized carbons (Fsp3) is 0.667. The van der Waals surface area contributed by atoms with E-state index in [0.717, 1.165) is 40.9 Å². The SMILES string of the molecule is CC(=O)OC[C@]12[C@@H](OC(=O)c3ccoc3)[C@H](OC(C)=O)[C@@H]3[C@@H](OC(C)=O)[C@]1(OC3(C)C)[C@@](C)(O)C[C@H](OC(C)=O)[C@@H]2OC(C)=O. The Bertz CT molecular complexity index is 1360. The Kier molecular flexibility index (Phi) is 8.85. The van der Waals surface area contributed by atoms with Crippen LogP contribution in [-0.4, -0.2) is 94.9 Å². The van der Waals surface area contributed by atoms with Gasteiger partial charge in [-0.1, -0.05) is 0 Å². The van der Waals surface area contributed by atoms with Crippen LogP contribution >= 0.6 is 0 Å². The molecule has 248 valence electrons. The van der Waals surface area contributed by atoms with Gasteiger partial charge in [0.1, 0.15) is 36.6 Å². The Labute approximate surface area is 258 Å². The van der Waals surface area contributed by atoms with Crippen LogP contribution in [0.2, 0.25) is 0 Å². The van der Waals surface area contributed by atoms with Crippen molar-refractivity contribution in [2.45, 2.75) is 109 Å². The summed E-state index contributed by atoms with van der Waals surface area (Å²) in [5, 5.41) is 12.5. The molecule has 0 unspecified atom stereocenters. The number of ether oxygens (including phenoxy) is 7. The van der Waals surface area contributed by atoms with Gasteiger partial charge >= 0.3 is 35.8 Å². The molecule has 1 spiro atoms. The van der Waals surface area contributed by atoms with E-state index in [1.807, 2.05) is 0 Å². The summed E-state index contributed by atoms with van der Waals surface area (Å²) in [6.45, 7) is 9.13. The van der Waals surface area contributed by atoms with Gasteiger partial charge in [-0.25, -0.2) is 4.79 Å². The lowest BCUT2D eigenvalue weighted by Crippen LogP contribution is -2.85. The Morgan fingerprint density at radius 3 is 1.89 bits per heavy atom. The molecule has 1 aromatic rings. The van der Waals surface area contributed by atoms with Gasteiger partial charge in [0.05, 0.1) is 28.9 Å². The maximum atomic E-state index is 13.6. The number of hydrogen-bond acceptors (Lipinski definition) is 15. The normalized spacial score (nSPS) is 36.1. The summed E-state index contributed by atoms with van der Waals surface area (Å²) in [7, 11) is 0. The monoisotopic (exact) mass is 638 g/mol. The van der Waals surface area contributed by atoms with Gasteiger partial charge in [-0.15, -0.1) is 0 Å². The van der Waals surface area contributed by atoms with Gasteiger partial charge < -0.3 is 42.7 Å². The van der Waals surface area contributed by atoms with Crippen molar-refractivity contribution in [2.24, 2.45) is 11.3 Å². The zero-order valence-corrected chi connectivity index (χ0v) is 26.3. The number of hydrogen-bond donors (Lipinski definition) is 1. The molecular formula is C30H38O15. The highest BCUT2D eigenvalue weighted by Crippen LogP contribution is 2.69. The topological polar surface area (TPSA) is 200 Å². The fourth-order valence-electron chi connectivity index (χ4n) is 7.62. The smallest absolute Gasteiger partial charge is 0.341 e. The van der Waals surface area contributed by atoms with Crippen LogP contribution in [-0.2, 0) is 57.1 Å². The highest BCUT2D eigenvalue weighted by atomic mass is 16.7. The molecule has 15 heteroatoms. The van der Waals surface area contributed by atoms with Crippen molar-refractivity contribution in [1.29, 1.82) is 0 Å². The van der Waals surface area contributed by atoms with Gasteiger partial charge in [0.15, 0.2) is 17.8 Å². The summed E-state index contributed by atoms with van der Waals surface area (Å²) in [6.07, 6.45) is -6.06. The van der Waals surface area contributed by atoms with Gasteiger partial charge in [-0.05, 0) is 26.8 Å². The molecule has 3 aliphatic rings. The van der Waals surface area contributed by atoms with Crippen molar-refractivity contribution in [3.63, 3.8) is 0 Å². The largest absolute Gasteiger partial charge is 0.472 e. The van der Waals surface area contributed by atoms with E-state index >= 15 is 0 Å². The molecule has 0 aromatic carbocycles. The molecule has 0 amide bonds. The first kappa shape index (κ1) is 33.9. The molecule has 45 heavy (non-hydrogen) atoms. The predicted molar refractivity (Wildman–Crippen MR) is 146 cm³/mol. The van der Waals surface area contributed by atoms with Gasteiger partial charge in [-0.2, -0.15) is 0 Å². The second-order valence-corrected chi connectivity index (χ2v) is 12.4. The summed E-state index contributed by atoms with van der Waals surface area (Å²) in [6, 6.07) is 1.31. The number of esters is 6. The number of rotatable bonds is 8. The molecule has 4 rings (SSSR count). The van der Waals surface area contributed by atoms with Crippen molar-refractivity contribution < 1.29 is 71.4 Å². The minimum atomic E-state index is -2.27. The van der Waals surface area contributed by atoms with Crippen molar-refractivity contribution >= 4 is 35.8 Å². The van der Waals surface area contributed by atoms with E-state index in [4.69, 9.17) is 37.6 Å². The number of carbonyl (C=O) groups excluding carboxylic acids is 6. The second-order valence-electron chi connectivity index (χ2n) is 12.4. The molecule has 2 bridgehead atoms. The molecule has 9 atom stereocenters. The molecule has 1 saturated heterocycles. The Morgan fingerprint density at radius 1 is 0.800 bits per heavy atom. The Morgan fingerprint density at radius 2 is 1.38 bits per heavy atom. The molecular weight excluding hydrogens is 600 g/mol. The summed E-state index contributed by atoms with van der Waals surface area (Å²) in [5.74, 6) is -6.34. The van der Waals surface area contributed by atoms with Crippen molar-refractivity contribution in [3.05, 3.63) is 24.2 Å². The zero-order valence-electron chi connectivity index (χ0n) is 26.3. The third kappa shape index (κ3) is 5.56. The average Bonchev–Trinajstić information content (AvgIpc) is 3.48. The van der Waals surface area contributed by atoms with Crippen LogP contribution in [0.3, 0.4) is 0 Å². The fourth-order valence-corrected chi connectivity index (χ4v) is 7.62. The van der Waals surface area contributed by atoms with Crippen molar-refractivity contribution in [3.8, 4) is 0 Å². The summed E-state index contributed by atoms with van der Waals surface area (Å²) < 4.78 is 46.6. The van der Waals surface area contributed by atoms with E-state index in [-0.39, 0.29) is 5.56 Å². The van der Waals surface area contributed by atoms with Crippen LogP contribution in [0, 0.1) is 11.3 Å². The minimum Gasteiger partial charge on any atom is -0.472 e.